The summed E-state index contributed by atoms with van der Waals surface area (Å²) in [5, 5.41) is 11.2. The highest BCUT2D eigenvalue weighted by atomic mass is 79.9. The van der Waals surface area contributed by atoms with E-state index < -0.39 is 6.10 Å². The van der Waals surface area contributed by atoms with E-state index in [1.165, 1.54) is 0 Å². The maximum Gasteiger partial charge on any atom is 0.0922 e. The number of hydrogen-bond acceptors (Lipinski definition) is 2. The molecule has 1 nitrogen and oxygen atoms in total. The van der Waals surface area contributed by atoms with Gasteiger partial charge in [0.15, 0.2) is 0 Å². The van der Waals surface area contributed by atoms with Crippen LogP contribution in [0.5, 0.6) is 0 Å². The van der Waals surface area contributed by atoms with Crippen LogP contribution < -0.4 is 0 Å². The number of aliphatic hydroxyl groups is 1. The fraction of sp³-hybridized carbons (Fsp3) is 0.231. The Morgan fingerprint density at radius 1 is 1.28 bits per heavy atom. The molecule has 2 rings (SSSR count). The molecule has 1 aromatic carbocycles. The van der Waals surface area contributed by atoms with Crippen LogP contribution in [0.15, 0.2) is 28.1 Å². The number of benzene rings is 1. The van der Waals surface area contributed by atoms with E-state index in [0.29, 0.717) is 16.5 Å². The summed E-state index contributed by atoms with van der Waals surface area (Å²) in [5.41, 5.74) is 2.11. The first kappa shape index (κ1) is 14.4. The maximum absolute atomic E-state index is 10.2. The number of aryl methyl sites for hydroxylation is 1. The van der Waals surface area contributed by atoms with E-state index in [0.717, 1.165) is 19.8 Å². The highest BCUT2D eigenvalue weighted by Gasteiger charge is 2.13. The van der Waals surface area contributed by atoms with Crippen molar-refractivity contribution < 1.29 is 5.11 Å². The van der Waals surface area contributed by atoms with Gasteiger partial charge >= 0.3 is 0 Å². The van der Waals surface area contributed by atoms with E-state index >= 15 is 0 Å². The Labute approximate surface area is 128 Å². The summed E-state index contributed by atoms with van der Waals surface area (Å²) in [6.07, 6.45) is 0.0146. The first-order valence-corrected chi connectivity index (χ1v) is 7.71. The lowest BCUT2D eigenvalue weighted by Crippen LogP contribution is -1.99. The normalized spacial score (nSPS) is 12.7. The monoisotopic (exact) mass is 364 g/mol. The SMILES string of the molecule is Cc1cc(C(O)Cc2ccc(Cl)c(Cl)c2)sc1Br. The van der Waals surface area contributed by atoms with Crippen molar-refractivity contribution in [3.63, 3.8) is 0 Å². The lowest BCUT2D eigenvalue weighted by Gasteiger charge is -2.09. The maximum atomic E-state index is 10.2. The number of thiophene rings is 1. The topological polar surface area (TPSA) is 20.2 Å². The zero-order valence-electron chi connectivity index (χ0n) is 9.58. The number of halogens is 3. The summed E-state index contributed by atoms with van der Waals surface area (Å²) in [4.78, 5) is 0.949. The summed E-state index contributed by atoms with van der Waals surface area (Å²) in [7, 11) is 0. The van der Waals surface area contributed by atoms with Gasteiger partial charge in [-0.25, -0.2) is 0 Å². The smallest absolute Gasteiger partial charge is 0.0922 e. The quantitative estimate of drug-likeness (QED) is 0.771. The molecule has 0 spiro atoms. The van der Waals surface area contributed by atoms with Crippen LogP contribution in [0.1, 0.15) is 22.1 Å². The summed E-state index contributed by atoms with van der Waals surface area (Å²) in [5.74, 6) is 0. The predicted molar refractivity (Wildman–Crippen MR) is 81.9 cm³/mol. The largest absolute Gasteiger partial charge is 0.387 e. The highest BCUT2D eigenvalue weighted by Crippen LogP contribution is 2.33. The van der Waals surface area contributed by atoms with Gasteiger partial charge in [0, 0.05) is 11.3 Å². The molecule has 1 aromatic heterocycles. The second kappa shape index (κ2) is 5.93. The van der Waals surface area contributed by atoms with Crippen molar-refractivity contribution >= 4 is 50.5 Å². The lowest BCUT2D eigenvalue weighted by atomic mass is 10.1. The number of rotatable bonds is 3. The van der Waals surface area contributed by atoms with E-state index in [4.69, 9.17) is 23.2 Å². The Morgan fingerprint density at radius 3 is 2.56 bits per heavy atom. The minimum absolute atomic E-state index is 0.516. The van der Waals surface area contributed by atoms with E-state index in [1.807, 2.05) is 19.1 Å². The van der Waals surface area contributed by atoms with Crippen LogP contribution in [0.3, 0.4) is 0 Å². The molecule has 0 aliphatic heterocycles. The van der Waals surface area contributed by atoms with Crippen LogP contribution in [0.2, 0.25) is 10.0 Å². The predicted octanol–water partition coefficient (Wildman–Crippen LogP) is 5.40. The Bertz CT molecular complexity index is 549. The minimum Gasteiger partial charge on any atom is -0.387 e. The molecule has 1 unspecified atom stereocenters. The third-order valence-electron chi connectivity index (χ3n) is 2.62. The molecular weight excluding hydrogens is 355 g/mol. The zero-order chi connectivity index (χ0) is 13.3. The molecule has 96 valence electrons. The van der Waals surface area contributed by atoms with Crippen LogP contribution in [-0.4, -0.2) is 5.11 Å². The average Bonchev–Trinajstić information content (AvgIpc) is 2.65. The van der Waals surface area contributed by atoms with Crippen molar-refractivity contribution in [2.75, 3.05) is 0 Å². The van der Waals surface area contributed by atoms with Gasteiger partial charge in [-0.3, -0.25) is 0 Å². The summed E-state index contributed by atoms with van der Waals surface area (Å²) < 4.78 is 1.06. The van der Waals surface area contributed by atoms with Gasteiger partial charge in [-0.05, 0) is 52.2 Å². The van der Waals surface area contributed by atoms with Crippen molar-refractivity contribution in [2.45, 2.75) is 19.4 Å². The molecule has 18 heavy (non-hydrogen) atoms. The second-order valence-electron chi connectivity index (χ2n) is 4.07. The molecule has 0 saturated carbocycles. The fourth-order valence-electron chi connectivity index (χ4n) is 1.64. The Morgan fingerprint density at radius 2 is 2.00 bits per heavy atom. The van der Waals surface area contributed by atoms with Crippen molar-refractivity contribution in [2.24, 2.45) is 0 Å². The number of hydrogen-bond donors (Lipinski definition) is 1. The van der Waals surface area contributed by atoms with Crippen molar-refractivity contribution in [3.8, 4) is 0 Å². The van der Waals surface area contributed by atoms with E-state index in [2.05, 4.69) is 15.9 Å². The van der Waals surface area contributed by atoms with Crippen molar-refractivity contribution in [3.05, 3.63) is 54.1 Å². The number of aliphatic hydroxyl groups excluding tert-OH is 1. The Hall–Kier alpha value is -0.0600. The Balaban J connectivity index is 2.15. The molecule has 0 saturated heterocycles. The molecule has 2 aromatic rings. The summed E-state index contributed by atoms with van der Waals surface area (Å²) in [6.45, 7) is 2.01. The van der Waals surface area contributed by atoms with Crippen LogP contribution in [0, 0.1) is 6.92 Å². The molecule has 0 amide bonds. The zero-order valence-corrected chi connectivity index (χ0v) is 13.5. The highest BCUT2D eigenvalue weighted by molar-refractivity contribution is 9.11. The molecule has 0 aliphatic carbocycles. The molecule has 1 atom stereocenters. The average molecular weight is 366 g/mol. The van der Waals surface area contributed by atoms with Gasteiger partial charge in [-0.1, -0.05) is 29.3 Å². The second-order valence-corrected chi connectivity index (χ2v) is 7.29. The fourth-order valence-corrected chi connectivity index (χ4v) is 3.52. The lowest BCUT2D eigenvalue weighted by molar-refractivity contribution is 0.182. The van der Waals surface area contributed by atoms with E-state index in [1.54, 1.807) is 23.5 Å². The molecular formula is C13H11BrCl2OS. The van der Waals surface area contributed by atoms with Crippen molar-refractivity contribution in [1.82, 2.24) is 0 Å². The van der Waals surface area contributed by atoms with Crippen LogP contribution in [0.25, 0.3) is 0 Å². The Kier molecular flexibility index (Phi) is 4.73. The van der Waals surface area contributed by atoms with Gasteiger partial charge in [0.2, 0.25) is 0 Å². The standard InChI is InChI=1S/C13H11BrCl2OS/c1-7-4-12(18-13(7)14)11(17)6-8-2-3-9(15)10(16)5-8/h2-5,11,17H,6H2,1H3. The van der Waals surface area contributed by atoms with Gasteiger partial charge in [0.1, 0.15) is 0 Å². The van der Waals surface area contributed by atoms with Crippen LogP contribution in [-0.2, 0) is 6.42 Å². The molecule has 0 bridgehead atoms. The molecule has 0 radical (unpaired) electrons. The molecule has 1 N–H and O–H groups in total. The van der Waals surface area contributed by atoms with Gasteiger partial charge in [-0.15, -0.1) is 11.3 Å². The van der Waals surface area contributed by atoms with Gasteiger partial charge in [-0.2, -0.15) is 0 Å². The van der Waals surface area contributed by atoms with Crippen LogP contribution >= 0.6 is 50.5 Å². The third-order valence-corrected chi connectivity index (χ3v) is 5.59. The summed E-state index contributed by atoms with van der Waals surface area (Å²) >= 11 is 16.8. The van der Waals surface area contributed by atoms with Gasteiger partial charge in [0.25, 0.3) is 0 Å². The molecule has 0 aliphatic rings. The van der Waals surface area contributed by atoms with Gasteiger partial charge in [0.05, 0.1) is 19.9 Å². The van der Waals surface area contributed by atoms with E-state index in [-0.39, 0.29) is 0 Å². The van der Waals surface area contributed by atoms with E-state index in [9.17, 15) is 5.11 Å². The third kappa shape index (κ3) is 3.28. The minimum atomic E-state index is -0.516. The van der Waals surface area contributed by atoms with Crippen LogP contribution in [0.4, 0.5) is 0 Å². The molecule has 1 heterocycles. The first-order valence-electron chi connectivity index (χ1n) is 5.35. The molecule has 5 heteroatoms. The summed E-state index contributed by atoms with van der Waals surface area (Å²) in [6, 6.07) is 7.42. The van der Waals surface area contributed by atoms with Gasteiger partial charge < -0.3 is 5.11 Å². The molecule has 0 fully saturated rings. The van der Waals surface area contributed by atoms with Crippen molar-refractivity contribution in [1.29, 1.82) is 0 Å². The first-order chi connectivity index (χ1) is 8.47.